The number of halogens is 3. The number of carbonyl (C=O) groups is 1. The number of thiazole rings is 1. The Balaban J connectivity index is 0.00000243. The molecule has 3 rings (SSSR count). The van der Waals surface area contributed by atoms with Gasteiger partial charge in [0, 0.05) is 17.3 Å². The molecule has 0 aromatic carbocycles. The summed E-state index contributed by atoms with van der Waals surface area (Å²) in [5.74, 6) is -0.0595. The molecule has 0 unspecified atom stereocenters. The average molecular weight is 405 g/mol. The van der Waals surface area contributed by atoms with Gasteiger partial charge in [0.1, 0.15) is 6.61 Å². The molecule has 6 nitrogen and oxygen atoms in total. The van der Waals surface area contributed by atoms with Crippen LogP contribution in [0.3, 0.4) is 0 Å². The van der Waals surface area contributed by atoms with Gasteiger partial charge in [0.15, 0.2) is 16.6 Å². The molecule has 0 aliphatic carbocycles. The zero-order valence-electron chi connectivity index (χ0n) is 13.8. The molecule has 2 aromatic rings. The molecular weight excluding hydrogens is 386 g/mol. The third-order valence-corrected chi connectivity index (χ3v) is 4.91. The van der Waals surface area contributed by atoms with E-state index in [1.54, 1.807) is 6.20 Å². The maximum atomic E-state index is 12.4. The van der Waals surface area contributed by atoms with Gasteiger partial charge >= 0.3 is 0 Å². The van der Waals surface area contributed by atoms with Crippen LogP contribution in [0.4, 0.5) is 13.9 Å². The Bertz CT molecular complexity index is 726. The second kappa shape index (κ2) is 9.75. The largest absolute Gasteiger partial charge is 0.485 e. The standard InChI is InChI=1S/C16H18F2N4O2S.ClH/c17-13(18)9-24-11-2-1-5-20-14(11)15(23)22-16-21-8-12(25-16)10-3-6-19-7-4-10;/h1-2,5,8,10,13,19H,3-4,6-7,9H2,(H,21,22,23);1H. The fourth-order valence-electron chi connectivity index (χ4n) is 2.63. The fourth-order valence-corrected chi connectivity index (χ4v) is 3.61. The van der Waals surface area contributed by atoms with E-state index in [1.807, 2.05) is 0 Å². The quantitative estimate of drug-likeness (QED) is 0.772. The number of hydrogen-bond donors (Lipinski definition) is 2. The summed E-state index contributed by atoms with van der Waals surface area (Å²) in [6.07, 6.45) is 2.65. The molecule has 10 heteroatoms. The Morgan fingerprint density at radius 2 is 2.15 bits per heavy atom. The molecule has 0 bridgehead atoms. The summed E-state index contributed by atoms with van der Waals surface area (Å²) in [5.41, 5.74) is -0.0400. The van der Waals surface area contributed by atoms with Gasteiger partial charge in [-0.25, -0.2) is 18.7 Å². The number of ether oxygens (including phenoxy) is 1. The van der Waals surface area contributed by atoms with E-state index in [4.69, 9.17) is 4.74 Å². The smallest absolute Gasteiger partial charge is 0.279 e. The molecule has 142 valence electrons. The lowest BCUT2D eigenvalue weighted by molar-refractivity contribution is 0.0799. The van der Waals surface area contributed by atoms with Gasteiger partial charge < -0.3 is 10.1 Å². The molecule has 0 atom stereocenters. The van der Waals surface area contributed by atoms with Crippen molar-refractivity contribution in [1.82, 2.24) is 15.3 Å². The van der Waals surface area contributed by atoms with Crippen LogP contribution < -0.4 is 15.4 Å². The average Bonchev–Trinajstić information content (AvgIpc) is 3.09. The Labute approximate surface area is 159 Å². The van der Waals surface area contributed by atoms with Crippen LogP contribution in [0.15, 0.2) is 24.5 Å². The maximum Gasteiger partial charge on any atom is 0.279 e. The summed E-state index contributed by atoms with van der Waals surface area (Å²) >= 11 is 1.43. The van der Waals surface area contributed by atoms with E-state index in [0.29, 0.717) is 11.0 Å². The van der Waals surface area contributed by atoms with Crippen LogP contribution in [0.25, 0.3) is 0 Å². The van der Waals surface area contributed by atoms with Gasteiger partial charge in [-0.2, -0.15) is 0 Å². The molecule has 0 spiro atoms. The molecule has 2 aromatic heterocycles. The van der Waals surface area contributed by atoms with Crippen LogP contribution in [-0.2, 0) is 0 Å². The molecule has 1 aliphatic heterocycles. The van der Waals surface area contributed by atoms with E-state index >= 15 is 0 Å². The Kier molecular flexibility index (Phi) is 7.67. The van der Waals surface area contributed by atoms with E-state index in [2.05, 4.69) is 20.6 Å². The summed E-state index contributed by atoms with van der Waals surface area (Å²) in [6.45, 7) is 1.16. The summed E-state index contributed by atoms with van der Waals surface area (Å²) in [6, 6.07) is 2.96. The van der Waals surface area contributed by atoms with Crippen molar-refractivity contribution in [2.75, 3.05) is 25.0 Å². The highest BCUT2D eigenvalue weighted by Gasteiger charge is 2.20. The third-order valence-electron chi connectivity index (χ3n) is 3.84. The number of anilines is 1. The second-order valence-electron chi connectivity index (χ2n) is 5.60. The Morgan fingerprint density at radius 3 is 2.88 bits per heavy atom. The highest BCUT2D eigenvalue weighted by Crippen LogP contribution is 2.32. The number of pyridine rings is 1. The van der Waals surface area contributed by atoms with Gasteiger partial charge in [-0.15, -0.1) is 23.7 Å². The van der Waals surface area contributed by atoms with Crippen molar-refractivity contribution < 1.29 is 18.3 Å². The fraction of sp³-hybridized carbons (Fsp3) is 0.438. The van der Waals surface area contributed by atoms with Crippen LogP contribution >= 0.6 is 23.7 Å². The zero-order chi connectivity index (χ0) is 17.6. The minimum atomic E-state index is -2.62. The number of alkyl halides is 2. The second-order valence-corrected chi connectivity index (χ2v) is 6.66. The first-order valence-corrected chi connectivity index (χ1v) is 8.79. The van der Waals surface area contributed by atoms with Gasteiger partial charge in [-0.05, 0) is 44.0 Å². The normalized spacial score (nSPS) is 14.7. The lowest BCUT2D eigenvalue weighted by Gasteiger charge is -2.20. The predicted octanol–water partition coefficient (Wildman–Crippen LogP) is 3.32. The zero-order valence-corrected chi connectivity index (χ0v) is 15.4. The number of nitrogens with zero attached hydrogens (tertiary/aromatic N) is 2. The molecular formula is C16H19ClF2N4O2S. The van der Waals surface area contributed by atoms with Crippen LogP contribution in [-0.4, -0.2) is 42.0 Å². The highest BCUT2D eigenvalue weighted by molar-refractivity contribution is 7.15. The monoisotopic (exact) mass is 404 g/mol. The van der Waals surface area contributed by atoms with Crippen LogP contribution in [0, 0.1) is 0 Å². The lowest BCUT2D eigenvalue weighted by atomic mass is 9.97. The van der Waals surface area contributed by atoms with Crippen molar-refractivity contribution in [2.45, 2.75) is 25.2 Å². The molecule has 1 aliphatic rings. The number of nitrogens with one attached hydrogen (secondary N) is 2. The van der Waals surface area contributed by atoms with Crippen molar-refractivity contribution in [3.63, 3.8) is 0 Å². The van der Waals surface area contributed by atoms with Crippen molar-refractivity contribution in [1.29, 1.82) is 0 Å². The van der Waals surface area contributed by atoms with Gasteiger partial charge in [0.05, 0.1) is 0 Å². The van der Waals surface area contributed by atoms with Crippen molar-refractivity contribution in [3.8, 4) is 5.75 Å². The van der Waals surface area contributed by atoms with Crippen LogP contribution in [0.1, 0.15) is 34.1 Å². The summed E-state index contributed by atoms with van der Waals surface area (Å²) < 4.78 is 29.6. The third kappa shape index (κ3) is 5.33. The van der Waals surface area contributed by atoms with Gasteiger partial charge in [-0.1, -0.05) is 0 Å². The van der Waals surface area contributed by atoms with Gasteiger partial charge in [-0.3, -0.25) is 10.1 Å². The molecule has 0 saturated carbocycles. The lowest BCUT2D eigenvalue weighted by Crippen LogP contribution is -2.26. The SMILES string of the molecule is Cl.O=C(Nc1ncc(C2CCNCC2)s1)c1ncccc1OCC(F)F. The van der Waals surface area contributed by atoms with Crippen LogP contribution in [0.2, 0.25) is 0 Å². The summed E-state index contributed by atoms with van der Waals surface area (Å²) in [5, 5.41) is 6.44. The number of carbonyl (C=O) groups excluding carboxylic acids is 1. The van der Waals surface area contributed by atoms with E-state index in [9.17, 15) is 13.6 Å². The van der Waals surface area contributed by atoms with Crippen molar-refractivity contribution >= 4 is 34.8 Å². The Hall–Kier alpha value is -1.84. The van der Waals surface area contributed by atoms with E-state index in [0.717, 1.165) is 30.8 Å². The molecule has 2 N–H and O–H groups in total. The summed E-state index contributed by atoms with van der Waals surface area (Å²) in [4.78, 5) is 21.7. The Morgan fingerprint density at radius 1 is 1.38 bits per heavy atom. The minimum Gasteiger partial charge on any atom is -0.485 e. The number of amides is 1. The number of rotatable bonds is 6. The topological polar surface area (TPSA) is 76.1 Å². The molecule has 0 radical (unpaired) electrons. The molecule has 26 heavy (non-hydrogen) atoms. The number of piperidine rings is 1. The van der Waals surface area contributed by atoms with Crippen LogP contribution in [0.5, 0.6) is 5.75 Å². The van der Waals surface area contributed by atoms with Gasteiger partial charge in [0.25, 0.3) is 12.3 Å². The highest BCUT2D eigenvalue weighted by atomic mass is 35.5. The van der Waals surface area contributed by atoms with E-state index < -0.39 is 18.9 Å². The van der Waals surface area contributed by atoms with E-state index in [1.165, 1.54) is 29.7 Å². The van der Waals surface area contributed by atoms with Crippen molar-refractivity contribution in [3.05, 3.63) is 35.1 Å². The first kappa shape index (κ1) is 20.5. The molecule has 1 amide bonds. The van der Waals surface area contributed by atoms with Crippen molar-refractivity contribution in [2.24, 2.45) is 0 Å². The molecule has 3 heterocycles. The minimum absolute atomic E-state index is 0. The first-order chi connectivity index (χ1) is 12.1. The van der Waals surface area contributed by atoms with Gasteiger partial charge in [0.2, 0.25) is 0 Å². The molecule has 1 fully saturated rings. The number of hydrogen-bond acceptors (Lipinski definition) is 6. The first-order valence-electron chi connectivity index (χ1n) is 7.97. The summed E-state index contributed by atoms with van der Waals surface area (Å²) in [7, 11) is 0. The molecule has 1 saturated heterocycles. The predicted molar refractivity (Wildman–Crippen MR) is 97.9 cm³/mol. The maximum absolute atomic E-state index is 12.4. The van der Waals surface area contributed by atoms with E-state index in [-0.39, 0.29) is 23.9 Å². The number of aromatic nitrogens is 2.